The van der Waals surface area contributed by atoms with Crippen molar-refractivity contribution in [1.82, 2.24) is 19.9 Å². The Morgan fingerprint density at radius 3 is 0.735 bits per heavy atom. The summed E-state index contributed by atoms with van der Waals surface area (Å²) in [4.78, 5) is 18.3. The van der Waals surface area contributed by atoms with Crippen LogP contribution in [-0.2, 0) is 0 Å². The Kier molecular flexibility index (Phi) is 8.13. The Labute approximate surface area is 300 Å². The first kappa shape index (κ1) is 30.6. The van der Waals surface area contributed by atoms with E-state index in [0.717, 1.165) is 89.4 Å². The zero-order valence-corrected chi connectivity index (χ0v) is 28.2. The molecule has 2 radical (unpaired) electrons. The van der Waals surface area contributed by atoms with Gasteiger partial charge in [0.1, 0.15) is 0 Å². The summed E-state index contributed by atoms with van der Waals surface area (Å²) in [5, 5.41) is 0. The molecule has 2 aliphatic heterocycles. The van der Waals surface area contributed by atoms with Crippen LogP contribution >= 0.6 is 0 Å². The lowest BCUT2D eigenvalue weighted by atomic mass is 10.0. The minimum Gasteiger partial charge on any atom is -0.354 e. The lowest BCUT2D eigenvalue weighted by Gasteiger charge is -2.07. The summed E-state index contributed by atoms with van der Waals surface area (Å²) in [5.74, 6) is 0. The van der Waals surface area contributed by atoms with Gasteiger partial charge in [0.05, 0.1) is 22.8 Å². The summed E-state index contributed by atoms with van der Waals surface area (Å²) in [6.07, 6.45) is 8.54. The number of aromatic amines is 2. The number of benzene rings is 4. The molecule has 0 amide bonds. The SMILES string of the molecule is C1=Cc2nc1c(-c1ccccc1)c1ccc([nH]1)c(-c1ccccc1)c1nc(c(-c3ccccc3)c3ccc([nH]3)c2-c2ccccc2)C=C1.[Mg]. The molecule has 8 bridgehead atoms. The Bertz CT molecular complexity index is 2180. The quantitative estimate of drug-likeness (QED) is 0.188. The molecule has 49 heavy (non-hydrogen) atoms. The van der Waals surface area contributed by atoms with Gasteiger partial charge in [0.15, 0.2) is 0 Å². The van der Waals surface area contributed by atoms with Crippen LogP contribution in [0.2, 0.25) is 0 Å². The monoisotopic (exact) mass is 638 g/mol. The van der Waals surface area contributed by atoms with Gasteiger partial charge in [0, 0.05) is 67.4 Å². The van der Waals surface area contributed by atoms with Crippen molar-refractivity contribution in [2.45, 2.75) is 0 Å². The first-order valence-corrected chi connectivity index (χ1v) is 16.2. The van der Waals surface area contributed by atoms with Gasteiger partial charge < -0.3 is 9.97 Å². The van der Waals surface area contributed by atoms with Crippen LogP contribution in [0.3, 0.4) is 0 Å². The van der Waals surface area contributed by atoms with Crippen molar-refractivity contribution >= 4 is 69.4 Å². The molecule has 0 unspecified atom stereocenters. The van der Waals surface area contributed by atoms with Crippen LogP contribution in [0, 0.1) is 0 Å². The zero-order chi connectivity index (χ0) is 31.9. The van der Waals surface area contributed by atoms with E-state index in [0.29, 0.717) is 0 Å². The summed E-state index contributed by atoms with van der Waals surface area (Å²) in [7, 11) is 0. The van der Waals surface area contributed by atoms with Crippen molar-refractivity contribution in [1.29, 1.82) is 0 Å². The lowest BCUT2D eigenvalue weighted by Crippen LogP contribution is -1.89. The molecule has 0 atom stereocenters. The van der Waals surface area contributed by atoms with E-state index >= 15 is 0 Å². The number of nitrogens with zero attached hydrogens (tertiary/aromatic N) is 2. The predicted octanol–water partition coefficient (Wildman–Crippen LogP) is 10.9. The molecule has 4 aromatic carbocycles. The standard InChI is InChI=1S/C44H30N4.Mg/c1-5-13-29(14-6-1)41-33-21-23-35(45-33)42(30-15-7-2-8-16-30)37-25-27-39(47-37)44(32-19-11-4-12-20-32)40-28-26-38(48-40)43(31-17-9-3-10-18-31)36-24-22-34(41)46-36;/h1-28,45,48H;. The second-order valence-corrected chi connectivity index (χ2v) is 12.0. The van der Waals surface area contributed by atoms with Gasteiger partial charge in [-0.05, 0) is 70.8 Å². The van der Waals surface area contributed by atoms with Crippen LogP contribution in [0.5, 0.6) is 0 Å². The summed E-state index contributed by atoms with van der Waals surface area (Å²) in [6.45, 7) is 0. The van der Waals surface area contributed by atoms with E-state index in [1.165, 1.54) is 0 Å². The summed E-state index contributed by atoms with van der Waals surface area (Å²) < 4.78 is 0. The second kappa shape index (κ2) is 13.0. The minimum atomic E-state index is 0. The molecule has 5 heterocycles. The molecule has 3 aromatic heterocycles. The summed E-state index contributed by atoms with van der Waals surface area (Å²) in [6, 6.07) is 50.7. The molecular formula is C44H30MgN4. The first-order chi connectivity index (χ1) is 23.8. The first-order valence-electron chi connectivity index (χ1n) is 16.2. The maximum atomic E-state index is 5.35. The molecular weight excluding hydrogens is 609 g/mol. The predicted molar refractivity (Wildman–Crippen MR) is 206 cm³/mol. The van der Waals surface area contributed by atoms with Crippen LogP contribution in [0.1, 0.15) is 22.8 Å². The lowest BCUT2D eigenvalue weighted by molar-refractivity contribution is 1.31. The Morgan fingerprint density at radius 2 is 0.510 bits per heavy atom. The van der Waals surface area contributed by atoms with Crippen molar-refractivity contribution in [3.8, 4) is 44.5 Å². The molecule has 0 spiro atoms. The molecule has 0 saturated heterocycles. The number of nitrogens with one attached hydrogen (secondary N) is 2. The zero-order valence-electron chi connectivity index (χ0n) is 26.8. The number of aromatic nitrogens is 4. The van der Waals surface area contributed by atoms with E-state index in [1.54, 1.807) is 0 Å². The third-order valence-electron chi connectivity index (χ3n) is 9.00. The van der Waals surface area contributed by atoms with Crippen LogP contribution in [0.25, 0.3) is 90.9 Å². The molecule has 9 rings (SSSR count). The fourth-order valence-electron chi connectivity index (χ4n) is 6.84. The maximum absolute atomic E-state index is 5.35. The third-order valence-corrected chi connectivity index (χ3v) is 9.00. The Hall–Kier alpha value is -5.75. The van der Waals surface area contributed by atoms with E-state index in [9.17, 15) is 0 Å². The van der Waals surface area contributed by atoms with Crippen LogP contribution < -0.4 is 0 Å². The summed E-state index contributed by atoms with van der Waals surface area (Å²) in [5.41, 5.74) is 16.2. The van der Waals surface area contributed by atoms with E-state index in [-0.39, 0.29) is 23.1 Å². The maximum Gasteiger partial charge on any atom is 0.0737 e. The van der Waals surface area contributed by atoms with Crippen molar-refractivity contribution in [3.63, 3.8) is 0 Å². The Balaban J connectivity index is 0.00000348. The van der Waals surface area contributed by atoms with Crippen molar-refractivity contribution in [3.05, 3.63) is 168 Å². The highest BCUT2D eigenvalue weighted by atomic mass is 24.3. The van der Waals surface area contributed by atoms with Crippen LogP contribution in [0.15, 0.2) is 146 Å². The van der Waals surface area contributed by atoms with Gasteiger partial charge in [-0.25, -0.2) is 9.97 Å². The van der Waals surface area contributed by atoms with Gasteiger partial charge in [0.25, 0.3) is 0 Å². The molecule has 2 aliphatic rings. The van der Waals surface area contributed by atoms with E-state index < -0.39 is 0 Å². The average Bonchev–Trinajstić information content (AvgIpc) is 3.98. The number of rotatable bonds is 4. The highest BCUT2D eigenvalue weighted by Crippen LogP contribution is 2.38. The van der Waals surface area contributed by atoms with Crippen molar-refractivity contribution in [2.75, 3.05) is 0 Å². The number of hydrogen-bond acceptors (Lipinski definition) is 2. The molecule has 0 saturated carbocycles. The molecule has 0 fully saturated rings. The largest absolute Gasteiger partial charge is 0.354 e. The smallest absolute Gasteiger partial charge is 0.0737 e. The minimum absolute atomic E-state index is 0. The average molecular weight is 639 g/mol. The number of fused-ring (bicyclic) bond motifs is 8. The molecule has 4 nitrogen and oxygen atoms in total. The fraction of sp³-hybridized carbons (Fsp3) is 0. The fourth-order valence-corrected chi connectivity index (χ4v) is 6.84. The van der Waals surface area contributed by atoms with Gasteiger partial charge in [-0.2, -0.15) is 0 Å². The number of hydrogen-bond donors (Lipinski definition) is 2. The van der Waals surface area contributed by atoms with Crippen LogP contribution in [-0.4, -0.2) is 43.0 Å². The normalized spacial score (nSPS) is 11.8. The second-order valence-electron chi connectivity index (χ2n) is 12.0. The Morgan fingerprint density at radius 1 is 0.286 bits per heavy atom. The molecule has 7 aromatic rings. The van der Waals surface area contributed by atoms with E-state index in [2.05, 4.69) is 156 Å². The number of H-pyrrole nitrogens is 2. The van der Waals surface area contributed by atoms with Gasteiger partial charge >= 0.3 is 0 Å². The molecule has 0 aliphatic carbocycles. The molecule has 228 valence electrons. The van der Waals surface area contributed by atoms with Crippen molar-refractivity contribution < 1.29 is 0 Å². The van der Waals surface area contributed by atoms with Crippen LogP contribution in [0.4, 0.5) is 0 Å². The topological polar surface area (TPSA) is 57.4 Å². The van der Waals surface area contributed by atoms with Gasteiger partial charge in [0.2, 0.25) is 0 Å². The highest BCUT2D eigenvalue weighted by Gasteiger charge is 2.18. The molecule has 2 N–H and O–H groups in total. The van der Waals surface area contributed by atoms with Gasteiger partial charge in [-0.1, -0.05) is 121 Å². The van der Waals surface area contributed by atoms with Gasteiger partial charge in [-0.15, -0.1) is 0 Å². The third kappa shape index (κ3) is 5.63. The molecule has 5 heteroatoms. The van der Waals surface area contributed by atoms with Gasteiger partial charge in [-0.3, -0.25) is 0 Å². The van der Waals surface area contributed by atoms with E-state index in [4.69, 9.17) is 9.97 Å². The summed E-state index contributed by atoms with van der Waals surface area (Å²) >= 11 is 0. The highest BCUT2D eigenvalue weighted by molar-refractivity contribution is 5.99. The van der Waals surface area contributed by atoms with Crippen molar-refractivity contribution in [2.24, 2.45) is 0 Å². The van der Waals surface area contributed by atoms with E-state index in [1.807, 2.05) is 24.3 Å².